The molecule has 1 amide bonds. The van der Waals surface area contributed by atoms with Gasteiger partial charge >= 0.3 is 0 Å². The number of nitrogens with zero attached hydrogens (tertiary/aromatic N) is 3. The van der Waals surface area contributed by atoms with E-state index in [4.69, 9.17) is 9.47 Å². The molecular formula is C17H14N4O3S. The third-order valence-electron chi connectivity index (χ3n) is 3.55. The first-order chi connectivity index (χ1) is 12.3. The number of hydrogen-bond donors (Lipinski definition) is 1. The summed E-state index contributed by atoms with van der Waals surface area (Å²) in [7, 11) is 0. The number of thiazole rings is 1. The number of benzene rings is 1. The van der Waals surface area contributed by atoms with Crippen LogP contribution in [0.2, 0.25) is 0 Å². The highest BCUT2D eigenvalue weighted by Gasteiger charge is 2.22. The first-order valence-electron chi connectivity index (χ1n) is 7.69. The summed E-state index contributed by atoms with van der Waals surface area (Å²) in [5.41, 5.74) is 0.338. The van der Waals surface area contributed by atoms with Gasteiger partial charge in [0.15, 0.2) is 22.3 Å². The quantitative estimate of drug-likeness (QED) is 0.773. The van der Waals surface area contributed by atoms with Gasteiger partial charge in [0.1, 0.15) is 18.4 Å². The van der Waals surface area contributed by atoms with Crippen molar-refractivity contribution in [2.45, 2.75) is 6.10 Å². The number of amides is 1. The van der Waals surface area contributed by atoms with E-state index >= 15 is 0 Å². The maximum absolute atomic E-state index is 12.3. The zero-order chi connectivity index (χ0) is 17.1. The van der Waals surface area contributed by atoms with Crippen molar-refractivity contribution in [2.24, 2.45) is 0 Å². The lowest BCUT2D eigenvalue weighted by Crippen LogP contribution is -2.40. The lowest BCUT2D eigenvalue weighted by molar-refractivity contribution is 0.0787. The van der Waals surface area contributed by atoms with Gasteiger partial charge in [0, 0.05) is 17.8 Å². The second-order valence-electron chi connectivity index (χ2n) is 5.32. The Morgan fingerprint density at radius 3 is 2.84 bits per heavy atom. The molecule has 4 rings (SSSR count). The average Bonchev–Trinajstić information content (AvgIpc) is 3.17. The fraction of sp³-hybridized carbons (Fsp3) is 0.176. The molecule has 0 bridgehead atoms. The summed E-state index contributed by atoms with van der Waals surface area (Å²) in [5, 5.41) is 5.12. The minimum absolute atomic E-state index is 0.241. The smallest absolute Gasteiger partial charge is 0.270 e. The van der Waals surface area contributed by atoms with Gasteiger partial charge in [0.2, 0.25) is 0 Å². The second-order valence-corrected chi connectivity index (χ2v) is 6.18. The molecule has 0 aliphatic carbocycles. The van der Waals surface area contributed by atoms with Gasteiger partial charge in [-0.2, -0.15) is 0 Å². The van der Waals surface area contributed by atoms with Crippen molar-refractivity contribution in [1.29, 1.82) is 0 Å². The number of ether oxygens (including phenoxy) is 2. The van der Waals surface area contributed by atoms with E-state index in [0.717, 1.165) is 5.75 Å². The van der Waals surface area contributed by atoms with Crippen LogP contribution >= 0.6 is 11.3 Å². The van der Waals surface area contributed by atoms with Crippen LogP contribution in [0, 0.1) is 0 Å². The van der Waals surface area contributed by atoms with Crippen LogP contribution in [0.5, 0.6) is 11.5 Å². The van der Waals surface area contributed by atoms with E-state index in [-0.39, 0.29) is 12.0 Å². The number of fused-ring (bicyclic) bond motifs is 1. The van der Waals surface area contributed by atoms with Crippen molar-refractivity contribution >= 4 is 17.2 Å². The van der Waals surface area contributed by atoms with Crippen LogP contribution < -0.4 is 14.8 Å². The van der Waals surface area contributed by atoms with Crippen molar-refractivity contribution in [2.75, 3.05) is 13.2 Å². The molecule has 1 atom stereocenters. The van der Waals surface area contributed by atoms with Crippen molar-refractivity contribution in [3.05, 3.63) is 53.8 Å². The maximum atomic E-state index is 12.3. The van der Waals surface area contributed by atoms with E-state index in [9.17, 15) is 4.79 Å². The molecule has 2 aromatic heterocycles. The van der Waals surface area contributed by atoms with Gasteiger partial charge in [-0.3, -0.25) is 4.79 Å². The number of rotatable bonds is 4. The third kappa shape index (κ3) is 3.43. The number of carbonyl (C=O) groups excluding carboxylic acids is 1. The van der Waals surface area contributed by atoms with Crippen LogP contribution in [0.1, 0.15) is 10.5 Å². The van der Waals surface area contributed by atoms with E-state index in [1.165, 1.54) is 11.3 Å². The Hall–Kier alpha value is -3.00. The van der Waals surface area contributed by atoms with E-state index in [0.29, 0.717) is 35.4 Å². The van der Waals surface area contributed by atoms with Crippen molar-refractivity contribution in [3.63, 3.8) is 0 Å². The molecule has 0 saturated carbocycles. The molecule has 8 heteroatoms. The van der Waals surface area contributed by atoms with Gasteiger partial charge < -0.3 is 14.8 Å². The van der Waals surface area contributed by atoms with Gasteiger partial charge in [0.25, 0.3) is 5.91 Å². The Labute approximate surface area is 147 Å². The molecule has 7 nitrogen and oxygen atoms in total. The van der Waals surface area contributed by atoms with Gasteiger partial charge in [-0.1, -0.05) is 12.1 Å². The number of nitrogens with one attached hydrogen (secondary N) is 1. The monoisotopic (exact) mass is 354 g/mol. The molecule has 1 aliphatic heterocycles. The number of carbonyl (C=O) groups is 1. The first-order valence-corrected chi connectivity index (χ1v) is 8.57. The molecule has 1 aliphatic rings. The molecule has 0 spiro atoms. The summed E-state index contributed by atoms with van der Waals surface area (Å²) < 4.78 is 11.4. The van der Waals surface area contributed by atoms with Crippen molar-refractivity contribution < 1.29 is 14.3 Å². The van der Waals surface area contributed by atoms with E-state index in [2.05, 4.69) is 20.3 Å². The van der Waals surface area contributed by atoms with Crippen LogP contribution in [0.15, 0.2) is 48.1 Å². The Morgan fingerprint density at radius 1 is 1.20 bits per heavy atom. The zero-order valence-corrected chi connectivity index (χ0v) is 13.9. The summed E-state index contributed by atoms with van der Waals surface area (Å²) in [4.78, 5) is 24.8. The first kappa shape index (κ1) is 15.5. The SMILES string of the molecule is O=C(NCC1COc2ccccc2O1)c1csc(-c2ncccn2)n1. The molecule has 1 unspecified atom stereocenters. The highest BCUT2D eigenvalue weighted by Crippen LogP contribution is 2.30. The number of hydrogen-bond acceptors (Lipinski definition) is 7. The fourth-order valence-corrected chi connectivity index (χ4v) is 3.10. The van der Waals surface area contributed by atoms with Crippen molar-refractivity contribution in [3.8, 4) is 22.3 Å². The molecule has 0 radical (unpaired) electrons. The Bertz CT molecular complexity index is 884. The lowest BCUT2D eigenvalue weighted by atomic mass is 10.2. The van der Waals surface area contributed by atoms with Crippen LogP contribution in [-0.4, -0.2) is 40.1 Å². The molecular weight excluding hydrogens is 340 g/mol. The molecule has 1 aromatic carbocycles. The van der Waals surface area contributed by atoms with Crippen LogP contribution in [0.25, 0.3) is 10.8 Å². The Balaban J connectivity index is 1.36. The lowest BCUT2D eigenvalue weighted by Gasteiger charge is -2.26. The zero-order valence-electron chi connectivity index (χ0n) is 13.1. The molecule has 0 saturated heterocycles. The number of aromatic nitrogens is 3. The minimum Gasteiger partial charge on any atom is -0.486 e. The summed E-state index contributed by atoms with van der Waals surface area (Å²) >= 11 is 1.33. The largest absolute Gasteiger partial charge is 0.486 e. The Morgan fingerprint density at radius 2 is 2.00 bits per heavy atom. The van der Waals surface area contributed by atoms with E-state index in [1.54, 1.807) is 23.8 Å². The van der Waals surface area contributed by atoms with Crippen LogP contribution in [0.3, 0.4) is 0 Å². The molecule has 126 valence electrons. The van der Waals surface area contributed by atoms with Gasteiger partial charge in [-0.05, 0) is 18.2 Å². The fourth-order valence-electron chi connectivity index (χ4n) is 2.35. The highest BCUT2D eigenvalue weighted by atomic mass is 32.1. The summed E-state index contributed by atoms with van der Waals surface area (Å²) in [6.45, 7) is 0.722. The van der Waals surface area contributed by atoms with Gasteiger partial charge in [0.05, 0.1) is 6.54 Å². The van der Waals surface area contributed by atoms with Gasteiger partial charge in [-0.15, -0.1) is 11.3 Å². The standard InChI is InChI=1S/C17H14N4O3S/c22-16(12-10-25-17(21-12)15-18-6-3-7-19-15)20-8-11-9-23-13-4-1-2-5-14(13)24-11/h1-7,10-11H,8-9H2,(H,20,22). The molecule has 25 heavy (non-hydrogen) atoms. The predicted octanol–water partition coefficient (Wildman–Crippen LogP) is 2.17. The summed E-state index contributed by atoms with van der Waals surface area (Å²) in [6, 6.07) is 9.20. The minimum atomic E-state index is -0.263. The average molecular weight is 354 g/mol. The normalized spacial score (nSPS) is 15.6. The summed E-state index contributed by atoms with van der Waals surface area (Å²) in [6.07, 6.45) is 3.04. The highest BCUT2D eigenvalue weighted by molar-refractivity contribution is 7.13. The summed E-state index contributed by atoms with van der Waals surface area (Å²) in [5.74, 6) is 1.65. The number of para-hydroxylation sites is 2. The second kappa shape index (κ2) is 6.86. The van der Waals surface area contributed by atoms with Crippen LogP contribution in [-0.2, 0) is 0 Å². The van der Waals surface area contributed by atoms with Gasteiger partial charge in [-0.25, -0.2) is 15.0 Å². The van der Waals surface area contributed by atoms with E-state index in [1.807, 2.05) is 24.3 Å². The van der Waals surface area contributed by atoms with E-state index < -0.39 is 0 Å². The molecule has 1 N–H and O–H groups in total. The topological polar surface area (TPSA) is 86.2 Å². The molecule has 3 heterocycles. The Kier molecular flexibility index (Phi) is 4.26. The third-order valence-corrected chi connectivity index (χ3v) is 4.39. The van der Waals surface area contributed by atoms with Crippen molar-refractivity contribution in [1.82, 2.24) is 20.3 Å². The van der Waals surface area contributed by atoms with Crippen LogP contribution in [0.4, 0.5) is 0 Å². The molecule has 3 aromatic rings. The maximum Gasteiger partial charge on any atom is 0.270 e. The molecule has 0 fully saturated rings. The predicted molar refractivity (Wildman–Crippen MR) is 91.8 cm³/mol.